The molecule has 1 aromatic heterocycles. The van der Waals surface area contributed by atoms with E-state index in [0.717, 1.165) is 19.4 Å². The van der Waals surface area contributed by atoms with Crippen LogP contribution in [0.4, 0.5) is 0 Å². The topological polar surface area (TPSA) is 32.3 Å². The van der Waals surface area contributed by atoms with Crippen LogP contribution in [0.5, 0.6) is 0 Å². The SMILES string of the molecule is CC(NCC1CCCC(O)C1)c1cc(Br)cs1. The zero-order valence-electron chi connectivity index (χ0n) is 10.2. The number of hydrogen-bond acceptors (Lipinski definition) is 3. The van der Waals surface area contributed by atoms with Crippen molar-refractivity contribution >= 4 is 27.3 Å². The van der Waals surface area contributed by atoms with Gasteiger partial charge < -0.3 is 10.4 Å². The minimum atomic E-state index is -0.0678. The second-order valence-corrected chi connectivity index (χ2v) is 6.84. The standard InChI is InChI=1S/C13H20BrNOS/c1-9(13-6-11(14)8-17-13)15-7-10-3-2-4-12(16)5-10/h6,8-10,12,15-16H,2-5,7H2,1H3. The quantitative estimate of drug-likeness (QED) is 0.887. The molecule has 0 bridgehead atoms. The molecule has 0 spiro atoms. The summed E-state index contributed by atoms with van der Waals surface area (Å²) in [4.78, 5) is 1.37. The van der Waals surface area contributed by atoms with Crippen molar-refractivity contribution in [3.63, 3.8) is 0 Å². The van der Waals surface area contributed by atoms with Crippen LogP contribution in [0.25, 0.3) is 0 Å². The molecule has 1 fully saturated rings. The summed E-state index contributed by atoms with van der Waals surface area (Å²) >= 11 is 5.27. The molecule has 2 N–H and O–H groups in total. The Labute approximate surface area is 116 Å². The van der Waals surface area contributed by atoms with E-state index < -0.39 is 0 Å². The van der Waals surface area contributed by atoms with Crippen molar-refractivity contribution in [1.82, 2.24) is 5.32 Å². The summed E-state index contributed by atoms with van der Waals surface area (Å²) in [7, 11) is 0. The normalized spacial score (nSPS) is 27.0. The average molecular weight is 318 g/mol. The number of nitrogens with one attached hydrogen (secondary N) is 1. The van der Waals surface area contributed by atoms with Crippen LogP contribution in [-0.4, -0.2) is 17.8 Å². The molecule has 2 nitrogen and oxygen atoms in total. The minimum absolute atomic E-state index is 0.0678. The Bertz CT molecular complexity index is 355. The Morgan fingerprint density at radius 2 is 2.41 bits per heavy atom. The van der Waals surface area contributed by atoms with E-state index >= 15 is 0 Å². The first-order valence-electron chi connectivity index (χ1n) is 6.30. The summed E-state index contributed by atoms with van der Waals surface area (Å²) in [6.07, 6.45) is 4.32. The van der Waals surface area contributed by atoms with E-state index in [1.807, 2.05) is 0 Å². The summed E-state index contributed by atoms with van der Waals surface area (Å²) in [5.41, 5.74) is 0. The Morgan fingerprint density at radius 1 is 1.59 bits per heavy atom. The van der Waals surface area contributed by atoms with Crippen molar-refractivity contribution in [2.45, 2.75) is 44.8 Å². The summed E-state index contributed by atoms with van der Waals surface area (Å²) < 4.78 is 1.17. The van der Waals surface area contributed by atoms with Crippen LogP contribution in [0.2, 0.25) is 0 Å². The molecule has 1 aliphatic carbocycles. The van der Waals surface area contributed by atoms with Gasteiger partial charge in [0, 0.05) is 20.8 Å². The van der Waals surface area contributed by atoms with Crippen LogP contribution in [0, 0.1) is 5.92 Å². The van der Waals surface area contributed by atoms with Gasteiger partial charge in [0.05, 0.1) is 6.10 Å². The fraction of sp³-hybridized carbons (Fsp3) is 0.692. The Balaban J connectivity index is 1.77. The van der Waals surface area contributed by atoms with Gasteiger partial charge in [-0.1, -0.05) is 6.42 Å². The van der Waals surface area contributed by atoms with Crippen LogP contribution < -0.4 is 5.32 Å². The van der Waals surface area contributed by atoms with E-state index in [-0.39, 0.29) is 6.10 Å². The van der Waals surface area contributed by atoms with Crippen LogP contribution >= 0.6 is 27.3 Å². The van der Waals surface area contributed by atoms with Crippen LogP contribution in [-0.2, 0) is 0 Å². The van der Waals surface area contributed by atoms with Gasteiger partial charge in [-0.25, -0.2) is 0 Å². The van der Waals surface area contributed by atoms with Gasteiger partial charge in [-0.3, -0.25) is 0 Å². The third kappa shape index (κ3) is 4.05. The maximum Gasteiger partial charge on any atom is 0.0543 e. The maximum absolute atomic E-state index is 9.63. The molecule has 1 aliphatic rings. The van der Waals surface area contributed by atoms with Crippen LogP contribution in [0.3, 0.4) is 0 Å². The molecule has 17 heavy (non-hydrogen) atoms. The third-order valence-corrected chi connectivity index (χ3v) is 5.36. The largest absolute Gasteiger partial charge is 0.393 e. The molecular weight excluding hydrogens is 298 g/mol. The lowest BCUT2D eigenvalue weighted by Crippen LogP contribution is -2.30. The zero-order valence-corrected chi connectivity index (χ0v) is 12.6. The highest BCUT2D eigenvalue weighted by atomic mass is 79.9. The lowest BCUT2D eigenvalue weighted by atomic mass is 9.87. The summed E-state index contributed by atoms with van der Waals surface area (Å²) in [5.74, 6) is 0.643. The van der Waals surface area contributed by atoms with E-state index in [0.29, 0.717) is 12.0 Å². The predicted molar refractivity (Wildman–Crippen MR) is 76.4 cm³/mol. The number of thiophene rings is 1. The van der Waals surface area contributed by atoms with Crippen molar-refractivity contribution in [3.8, 4) is 0 Å². The number of aliphatic hydroxyl groups excluding tert-OH is 1. The number of aliphatic hydroxyl groups is 1. The molecule has 0 amide bonds. The van der Waals surface area contributed by atoms with Gasteiger partial charge in [-0.2, -0.15) is 0 Å². The molecule has 0 saturated heterocycles. The first kappa shape index (κ1) is 13.5. The molecule has 1 aromatic rings. The monoisotopic (exact) mass is 317 g/mol. The molecule has 2 rings (SSSR count). The van der Waals surface area contributed by atoms with Crippen molar-refractivity contribution in [1.29, 1.82) is 0 Å². The third-order valence-electron chi connectivity index (χ3n) is 3.48. The minimum Gasteiger partial charge on any atom is -0.393 e. The number of hydrogen-bond donors (Lipinski definition) is 2. The Morgan fingerprint density at radius 3 is 3.06 bits per heavy atom. The van der Waals surface area contributed by atoms with Crippen molar-refractivity contribution in [3.05, 3.63) is 20.8 Å². The lowest BCUT2D eigenvalue weighted by molar-refractivity contribution is 0.0998. The summed E-state index contributed by atoms with van der Waals surface area (Å²) in [6.45, 7) is 3.23. The molecule has 3 atom stereocenters. The molecule has 0 aromatic carbocycles. The van der Waals surface area contributed by atoms with E-state index in [4.69, 9.17) is 0 Å². The lowest BCUT2D eigenvalue weighted by Gasteiger charge is -2.27. The first-order chi connectivity index (χ1) is 8.15. The zero-order chi connectivity index (χ0) is 12.3. The van der Waals surface area contributed by atoms with E-state index in [1.54, 1.807) is 11.3 Å². The summed E-state index contributed by atoms with van der Waals surface area (Å²) in [5, 5.41) is 15.3. The first-order valence-corrected chi connectivity index (χ1v) is 7.98. The van der Waals surface area contributed by atoms with Gasteiger partial charge in [-0.15, -0.1) is 11.3 Å². The highest BCUT2D eigenvalue weighted by Gasteiger charge is 2.20. The molecular formula is C13H20BrNOS. The average Bonchev–Trinajstić information content (AvgIpc) is 2.73. The maximum atomic E-state index is 9.63. The van der Waals surface area contributed by atoms with Crippen molar-refractivity contribution < 1.29 is 5.11 Å². The van der Waals surface area contributed by atoms with Gasteiger partial charge in [-0.05, 0) is 60.6 Å². The second kappa shape index (κ2) is 6.32. The fourth-order valence-corrected chi connectivity index (χ4v) is 3.93. The van der Waals surface area contributed by atoms with Crippen LogP contribution in [0.15, 0.2) is 15.9 Å². The van der Waals surface area contributed by atoms with Gasteiger partial charge in [0.25, 0.3) is 0 Å². The van der Waals surface area contributed by atoms with Gasteiger partial charge in [0.2, 0.25) is 0 Å². The molecule has 1 heterocycles. The molecule has 3 unspecified atom stereocenters. The van der Waals surface area contributed by atoms with E-state index in [9.17, 15) is 5.11 Å². The molecule has 0 radical (unpaired) electrons. The van der Waals surface area contributed by atoms with Crippen molar-refractivity contribution in [2.24, 2.45) is 5.92 Å². The molecule has 1 saturated carbocycles. The van der Waals surface area contributed by atoms with E-state index in [1.165, 1.54) is 22.2 Å². The highest BCUT2D eigenvalue weighted by Crippen LogP contribution is 2.27. The van der Waals surface area contributed by atoms with Crippen molar-refractivity contribution in [2.75, 3.05) is 6.54 Å². The number of rotatable bonds is 4. The molecule has 4 heteroatoms. The molecule has 0 aliphatic heterocycles. The van der Waals surface area contributed by atoms with Gasteiger partial charge >= 0.3 is 0 Å². The van der Waals surface area contributed by atoms with E-state index in [2.05, 4.69) is 39.6 Å². The van der Waals surface area contributed by atoms with Crippen LogP contribution in [0.1, 0.15) is 43.5 Å². The Kier molecular flexibility index (Phi) is 5.03. The second-order valence-electron chi connectivity index (χ2n) is 4.98. The van der Waals surface area contributed by atoms with Gasteiger partial charge in [0.1, 0.15) is 0 Å². The highest BCUT2D eigenvalue weighted by molar-refractivity contribution is 9.10. The Hall–Kier alpha value is 0.1000. The molecule has 96 valence electrons. The fourth-order valence-electron chi connectivity index (χ4n) is 2.45. The number of halogens is 1. The van der Waals surface area contributed by atoms with Gasteiger partial charge in [0.15, 0.2) is 0 Å². The predicted octanol–water partition coefficient (Wildman–Crippen LogP) is 3.71. The summed E-state index contributed by atoms with van der Waals surface area (Å²) in [6, 6.07) is 2.59. The smallest absolute Gasteiger partial charge is 0.0543 e.